The van der Waals surface area contributed by atoms with E-state index < -0.39 is 0 Å². The molecule has 1 fully saturated rings. The summed E-state index contributed by atoms with van der Waals surface area (Å²) in [6.07, 6.45) is 0. The number of benzene rings is 1. The van der Waals surface area contributed by atoms with Crippen molar-refractivity contribution in [1.29, 1.82) is 0 Å². The van der Waals surface area contributed by atoms with Gasteiger partial charge in [0.1, 0.15) is 0 Å². The molecule has 1 saturated heterocycles. The van der Waals surface area contributed by atoms with E-state index in [1.165, 1.54) is 5.56 Å². The lowest BCUT2D eigenvalue weighted by atomic mass is 10.1. The summed E-state index contributed by atoms with van der Waals surface area (Å²) < 4.78 is 5.20. The minimum Gasteiger partial charge on any atom is -0.422 e. The normalized spacial score (nSPS) is 23.1. The largest absolute Gasteiger partial charge is 0.422 e. The van der Waals surface area contributed by atoms with E-state index >= 15 is 0 Å². The van der Waals surface area contributed by atoms with Gasteiger partial charge in [-0.05, 0) is 5.56 Å². The van der Waals surface area contributed by atoms with Crippen LogP contribution in [0.25, 0.3) is 0 Å². The van der Waals surface area contributed by atoms with Crippen LogP contribution < -0.4 is 5.23 Å². The standard InChI is InChI=1S/C8H10BNO/c1-2-4-7(5-3-1)8-6-11-9-10-8/h1-5,8-10H,6H2. The Kier molecular flexibility index (Phi) is 1.92. The van der Waals surface area contributed by atoms with Crippen LogP contribution in [0, 0.1) is 0 Å². The molecule has 1 atom stereocenters. The minimum atomic E-state index is 0.399. The fourth-order valence-corrected chi connectivity index (χ4v) is 1.29. The molecule has 1 unspecified atom stereocenters. The van der Waals surface area contributed by atoms with Gasteiger partial charge in [-0.3, -0.25) is 0 Å². The summed E-state index contributed by atoms with van der Waals surface area (Å²) in [7, 11) is 0.680. The highest BCUT2D eigenvalue weighted by atomic mass is 16.4. The number of rotatable bonds is 1. The van der Waals surface area contributed by atoms with Crippen molar-refractivity contribution in [2.24, 2.45) is 0 Å². The zero-order valence-corrected chi connectivity index (χ0v) is 6.29. The molecule has 0 saturated carbocycles. The van der Waals surface area contributed by atoms with Gasteiger partial charge < -0.3 is 9.88 Å². The van der Waals surface area contributed by atoms with Crippen LogP contribution in [0.3, 0.4) is 0 Å². The average molecular weight is 147 g/mol. The van der Waals surface area contributed by atoms with Crippen molar-refractivity contribution < 1.29 is 4.65 Å². The Bertz CT molecular complexity index is 221. The van der Waals surface area contributed by atoms with Crippen LogP contribution >= 0.6 is 0 Å². The first-order valence-corrected chi connectivity index (χ1v) is 3.83. The molecule has 2 nitrogen and oxygen atoms in total. The Morgan fingerprint density at radius 1 is 1.36 bits per heavy atom. The van der Waals surface area contributed by atoms with Crippen molar-refractivity contribution in [2.45, 2.75) is 6.04 Å². The molecule has 56 valence electrons. The minimum absolute atomic E-state index is 0.399. The van der Waals surface area contributed by atoms with E-state index in [-0.39, 0.29) is 0 Å². The van der Waals surface area contributed by atoms with Crippen LogP contribution in [0.5, 0.6) is 0 Å². The zero-order valence-electron chi connectivity index (χ0n) is 6.29. The molecule has 1 aliphatic rings. The molecule has 0 amide bonds. The van der Waals surface area contributed by atoms with Crippen LogP contribution in [-0.4, -0.2) is 14.2 Å². The molecule has 0 aromatic heterocycles. The molecular weight excluding hydrogens is 137 g/mol. The summed E-state index contributed by atoms with van der Waals surface area (Å²) in [6, 6.07) is 10.8. The lowest BCUT2D eigenvalue weighted by molar-refractivity contribution is 0.352. The second kappa shape index (κ2) is 3.07. The topological polar surface area (TPSA) is 21.3 Å². The van der Waals surface area contributed by atoms with E-state index in [9.17, 15) is 0 Å². The third-order valence-electron chi connectivity index (χ3n) is 1.92. The van der Waals surface area contributed by atoms with E-state index in [4.69, 9.17) is 4.65 Å². The summed E-state index contributed by atoms with van der Waals surface area (Å²) in [4.78, 5) is 0. The molecule has 0 bridgehead atoms. The third kappa shape index (κ3) is 1.44. The summed E-state index contributed by atoms with van der Waals surface area (Å²) in [6.45, 7) is 0.796. The van der Waals surface area contributed by atoms with Gasteiger partial charge in [-0.25, -0.2) is 0 Å². The Hall–Kier alpha value is -0.795. The van der Waals surface area contributed by atoms with Gasteiger partial charge in [0.25, 0.3) is 0 Å². The van der Waals surface area contributed by atoms with Gasteiger partial charge >= 0.3 is 7.62 Å². The molecule has 1 aromatic carbocycles. The maximum absolute atomic E-state index is 5.20. The predicted octanol–water partition coefficient (Wildman–Crippen LogP) is 0.614. The summed E-state index contributed by atoms with van der Waals surface area (Å²) >= 11 is 0. The first kappa shape index (κ1) is 6.89. The Balaban J connectivity index is 2.16. The Labute approximate surface area is 66.9 Å². The second-order valence-corrected chi connectivity index (χ2v) is 2.68. The number of hydrogen-bond acceptors (Lipinski definition) is 2. The monoisotopic (exact) mass is 147 g/mol. The highest BCUT2D eigenvalue weighted by molar-refractivity contribution is 6.24. The molecule has 2 rings (SSSR count). The molecule has 11 heavy (non-hydrogen) atoms. The molecule has 3 heteroatoms. The fraction of sp³-hybridized carbons (Fsp3) is 0.250. The van der Waals surface area contributed by atoms with Crippen molar-refractivity contribution >= 4 is 7.62 Å². The molecular formula is C8H10BNO. The van der Waals surface area contributed by atoms with Gasteiger partial charge in [0, 0.05) is 12.6 Å². The second-order valence-electron chi connectivity index (χ2n) is 2.68. The van der Waals surface area contributed by atoms with Crippen LogP contribution in [0.15, 0.2) is 30.3 Å². The van der Waals surface area contributed by atoms with Crippen molar-refractivity contribution in [2.75, 3.05) is 6.61 Å². The van der Waals surface area contributed by atoms with Gasteiger partial charge in [-0.2, -0.15) is 0 Å². The fourth-order valence-electron chi connectivity index (χ4n) is 1.29. The molecule has 0 aliphatic carbocycles. The molecule has 1 aliphatic heterocycles. The van der Waals surface area contributed by atoms with Crippen LogP contribution in [-0.2, 0) is 4.65 Å². The first-order chi connectivity index (χ1) is 5.47. The maximum atomic E-state index is 5.20. The van der Waals surface area contributed by atoms with E-state index in [0.29, 0.717) is 13.7 Å². The summed E-state index contributed by atoms with van der Waals surface area (Å²) in [5, 5.41) is 3.25. The molecule has 1 heterocycles. The maximum Gasteiger partial charge on any atom is 0.361 e. The van der Waals surface area contributed by atoms with Crippen molar-refractivity contribution in [1.82, 2.24) is 5.23 Å². The SMILES string of the molecule is B1NC(c2ccccc2)CO1. The molecule has 1 aromatic rings. The highest BCUT2D eigenvalue weighted by Gasteiger charge is 2.16. The van der Waals surface area contributed by atoms with E-state index in [2.05, 4.69) is 29.5 Å². The first-order valence-electron chi connectivity index (χ1n) is 3.83. The molecule has 1 N–H and O–H groups in total. The lowest BCUT2D eigenvalue weighted by Gasteiger charge is -2.07. The summed E-state index contributed by atoms with van der Waals surface area (Å²) in [5.41, 5.74) is 1.31. The molecule has 0 spiro atoms. The molecule has 0 radical (unpaired) electrons. The third-order valence-corrected chi connectivity index (χ3v) is 1.92. The van der Waals surface area contributed by atoms with Gasteiger partial charge in [0.15, 0.2) is 0 Å². The van der Waals surface area contributed by atoms with Crippen LogP contribution in [0.1, 0.15) is 11.6 Å². The highest BCUT2D eigenvalue weighted by Crippen LogP contribution is 2.14. The number of hydrogen-bond donors (Lipinski definition) is 1. The van der Waals surface area contributed by atoms with Gasteiger partial charge in [0.2, 0.25) is 0 Å². The average Bonchev–Trinajstić information content (AvgIpc) is 2.58. The van der Waals surface area contributed by atoms with Crippen molar-refractivity contribution in [3.8, 4) is 0 Å². The quantitative estimate of drug-likeness (QED) is 0.587. The van der Waals surface area contributed by atoms with Gasteiger partial charge in [-0.15, -0.1) is 0 Å². The number of nitrogens with one attached hydrogen (secondary N) is 1. The van der Waals surface area contributed by atoms with Crippen LogP contribution in [0.2, 0.25) is 0 Å². The van der Waals surface area contributed by atoms with E-state index in [1.807, 2.05) is 6.07 Å². The van der Waals surface area contributed by atoms with Crippen LogP contribution in [0.4, 0.5) is 0 Å². The Morgan fingerprint density at radius 3 is 2.82 bits per heavy atom. The Morgan fingerprint density at radius 2 is 2.18 bits per heavy atom. The zero-order chi connectivity index (χ0) is 7.52. The van der Waals surface area contributed by atoms with Crippen molar-refractivity contribution in [3.63, 3.8) is 0 Å². The van der Waals surface area contributed by atoms with E-state index in [1.54, 1.807) is 0 Å². The van der Waals surface area contributed by atoms with E-state index in [0.717, 1.165) is 6.61 Å². The lowest BCUT2D eigenvalue weighted by Crippen LogP contribution is -2.16. The van der Waals surface area contributed by atoms with Gasteiger partial charge in [0.05, 0.1) is 0 Å². The van der Waals surface area contributed by atoms with Gasteiger partial charge in [-0.1, -0.05) is 30.3 Å². The smallest absolute Gasteiger partial charge is 0.361 e. The predicted molar refractivity (Wildman–Crippen MR) is 45.4 cm³/mol. The van der Waals surface area contributed by atoms with Crippen molar-refractivity contribution in [3.05, 3.63) is 35.9 Å². The summed E-state index contributed by atoms with van der Waals surface area (Å²) in [5.74, 6) is 0.